The van der Waals surface area contributed by atoms with Crippen molar-refractivity contribution in [3.05, 3.63) is 69.5 Å². The van der Waals surface area contributed by atoms with Crippen molar-refractivity contribution in [3.8, 4) is 0 Å². The number of hydrogen-bond donors (Lipinski definition) is 1. The van der Waals surface area contributed by atoms with Gasteiger partial charge in [-0.05, 0) is 36.4 Å². The molecule has 0 fully saturated rings. The van der Waals surface area contributed by atoms with Crippen LogP contribution in [-0.2, 0) is 17.9 Å². The lowest BCUT2D eigenvalue weighted by molar-refractivity contribution is -0.402. The number of hydrogen-bond acceptors (Lipinski definition) is 5. The van der Waals surface area contributed by atoms with Crippen molar-refractivity contribution in [2.75, 3.05) is 13.1 Å². The first-order chi connectivity index (χ1) is 12.5. The molecule has 0 radical (unpaired) electrons. The van der Waals surface area contributed by atoms with Crippen molar-refractivity contribution in [3.63, 3.8) is 0 Å². The molecule has 7 heteroatoms. The van der Waals surface area contributed by atoms with Crippen LogP contribution in [0.3, 0.4) is 0 Å². The summed E-state index contributed by atoms with van der Waals surface area (Å²) in [6.45, 7) is 7.63. The van der Waals surface area contributed by atoms with Crippen LogP contribution >= 0.6 is 0 Å². The van der Waals surface area contributed by atoms with Gasteiger partial charge >= 0.3 is 5.88 Å². The minimum atomic E-state index is -0.624. The summed E-state index contributed by atoms with van der Waals surface area (Å²) in [5.74, 6) is -0.390. The average molecular weight is 357 g/mol. The maximum absolute atomic E-state index is 11.8. The summed E-state index contributed by atoms with van der Waals surface area (Å²) in [5, 5.41) is 13.3. The van der Waals surface area contributed by atoms with Crippen LogP contribution in [0.1, 0.15) is 30.7 Å². The highest BCUT2D eigenvalue weighted by molar-refractivity contribution is 5.91. The quantitative estimate of drug-likeness (QED) is 0.422. The van der Waals surface area contributed by atoms with Gasteiger partial charge in [0.15, 0.2) is 0 Å². The Balaban J connectivity index is 1.82. The van der Waals surface area contributed by atoms with Crippen LogP contribution in [0.5, 0.6) is 0 Å². The lowest BCUT2D eigenvalue weighted by Crippen LogP contribution is -2.22. The van der Waals surface area contributed by atoms with Gasteiger partial charge in [-0.25, -0.2) is 0 Å². The second-order valence-electron chi connectivity index (χ2n) is 5.76. The number of nitrogens with zero attached hydrogens (tertiary/aromatic N) is 2. The first-order valence-corrected chi connectivity index (χ1v) is 8.52. The highest BCUT2D eigenvalue weighted by Crippen LogP contribution is 2.16. The second kappa shape index (κ2) is 9.53. The van der Waals surface area contributed by atoms with Gasteiger partial charge in [-0.2, -0.15) is 0 Å². The number of benzene rings is 1. The molecule has 0 unspecified atom stereocenters. The molecule has 0 saturated carbocycles. The normalized spacial score (nSPS) is 11.2. The molecule has 1 amide bonds. The SMILES string of the molecule is CCN(CC)Cc1ccc(CNC(=O)/C=C/c2ccc([N+](=O)[O-])o2)cc1. The number of nitro groups is 1. The Morgan fingerprint density at radius 2 is 1.81 bits per heavy atom. The van der Waals surface area contributed by atoms with Crippen LogP contribution in [0.4, 0.5) is 5.88 Å². The highest BCUT2D eigenvalue weighted by atomic mass is 16.6. The minimum absolute atomic E-state index is 0.257. The van der Waals surface area contributed by atoms with Crippen molar-refractivity contribution in [1.82, 2.24) is 10.2 Å². The van der Waals surface area contributed by atoms with Crippen LogP contribution in [0.15, 0.2) is 46.9 Å². The molecule has 7 nitrogen and oxygen atoms in total. The molecule has 2 rings (SSSR count). The van der Waals surface area contributed by atoms with Gasteiger partial charge in [0.25, 0.3) is 0 Å². The maximum atomic E-state index is 11.8. The molecular weight excluding hydrogens is 334 g/mol. The van der Waals surface area contributed by atoms with E-state index in [0.717, 1.165) is 25.2 Å². The number of furan rings is 1. The zero-order valence-electron chi connectivity index (χ0n) is 15.0. The fourth-order valence-electron chi connectivity index (χ4n) is 2.40. The van der Waals surface area contributed by atoms with Gasteiger partial charge in [0.2, 0.25) is 5.91 Å². The summed E-state index contributed by atoms with van der Waals surface area (Å²) in [6, 6.07) is 10.8. The molecule has 0 spiro atoms. The summed E-state index contributed by atoms with van der Waals surface area (Å²) in [4.78, 5) is 24.1. The second-order valence-corrected chi connectivity index (χ2v) is 5.76. The fourth-order valence-corrected chi connectivity index (χ4v) is 2.40. The third-order valence-electron chi connectivity index (χ3n) is 3.98. The van der Waals surface area contributed by atoms with Gasteiger partial charge in [0.1, 0.15) is 10.7 Å². The molecule has 1 aromatic carbocycles. The Bertz CT molecular complexity index is 761. The molecule has 1 N–H and O–H groups in total. The van der Waals surface area contributed by atoms with Gasteiger partial charge in [0.05, 0.1) is 6.07 Å². The number of nitrogens with one attached hydrogen (secondary N) is 1. The Hall–Kier alpha value is -2.93. The third kappa shape index (κ3) is 5.86. The van der Waals surface area contributed by atoms with Crippen molar-refractivity contribution < 1.29 is 14.1 Å². The predicted octanol–water partition coefficient (Wildman–Crippen LogP) is 3.36. The molecule has 0 atom stereocenters. The smallest absolute Gasteiger partial charge is 0.401 e. The minimum Gasteiger partial charge on any atom is -0.401 e. The van der Waals surface area contributed by atoms with E-state index in [-0.39, 0.29) is 17.6 Å². The van der Waals surface area contributed by atoms with E-state index in [1.807, 2.05) is 12.1 Å². The van der Waals surface area contributed by atoms with Crippen LogP contribution in [0.25, 0.3) is 6.08 Å². The molecular formula is C19H23N3O4. The zero-order chi connectivity index (χ0) is 18.9. The lowest BCUT2D eigenvalue weighted by Gasteiger charge is -2.18. The van der Waals surface area contributed by atoms with E-state index in [1.54, 1.807) is 0 Å². The van der Waals surface area contributed by atoms with E-state index in [0.29, 0.717) is 6.54 Å². The Labute approximate surface area is 152 Å². The Kier molecular flexibility index (Phi) is 7.11. The highest BCUT2D eigenvalue weighted by Gasteiger charge is 2.10. The van der Waals surface area contributed by atoms with Crippen LogP contribution in [-0.4, -0.2) is 28.8 Å². The van der Waals surface area contributed by atoms with Gasteiger partial charge in [-0.15, -0.1) is 0 Å². The molecule has 1 heterocycles. The lowest BCUT2D eigenvalue weighted by atomic mass is 10.1. The molecule has 138 valence electrons. The van der Waals surface area contributed by atoms with Crippen molar-refractivity contribution >= 4 is 17.9 Å². The number of amides is 1. The summed E-state index contributed by atoms with van der Waals surface area (Å²) < 4.78 is 4.95. The fraction of sp³-hybridized carbons (Fsp3) is 0.316. The molecule has 0 aliphatic rings. The van der Waals surface area contributed by atoms with Crippen LogP contribution < -0.4 is 5.32 Å². The van der Waals surface area contributed by atoms with E-state index in [4.69, 9.17) is 4.42 Å². The van der Waals surface area contributed by atoms with E-state index in [9.17, 15) is 14.9 Å². The number of carbonyl (C=O) groups is 1. The summed E-state index contributed by atoms with van der Waals surface area (Å²) in [7, 11) is 0. The number of rotatable bonds is 9. The van der Waals surface area contributed by atoms with Gasteiger partial charge < -0.3 is 9.73 Å². The Morgan fingerprint density at radius 3 is 2.38 bits per heavy atom. The standard InChI is InChI=1S/C19H23N3O4/c1-3-21(4-2)14-16-7-5-15(6-8-16)13-20-18(23)11-9-17-10-12-19(26-17)22(24)25/h5-12H,3-4,13-14H2,1-2H3,(H,20,23)/b11-9+. The van der Waals surface area contributed by atoms with Gasteiger partial charge in [0, 0.05) is 19.2 Å². The average Bonchev–Trinajstić information content (AvgIpc) is 3.13. The van der Waals surface area contributed by atoms with Gasteiger partial charge in [-0.1, -0.05) is 38.1 Å². The summed E-state index contributed by atoms with van der Waals surface area (Å²) in [5.41, 5.74) is 2.24. The third-order valence-corrected chi connectivity index (χ3v) is 3.98. The summed E-state index contributed by atoms with van der Waals surface area (Å²) >= 11 is 0. The predicted molar refractivity (Wildman–Crippen MR) is 99.3 cm³/mol. The van der Waals surface area contributed by atoms with Crippen LogP contribution in [0, 0.1) is 10.1 Å². The largest absolute Gasteiger partial charge is 0.433 e. The van der Waals surface area contributed by atoms with Crippen LogP contribution in [0.2, 0.25) is 0 Å². The number of carbonyl (C=O) groups excluding carboxylic acids is 1. The van der Waals surface area contributed by atoms with Crippen molar-refractivity contribution in [2.24, 2.45) is 0 Å². The monoisotopic (exact) mass is 357 g/mol. The molecule has 0 aliphatic carbocycles. The molecule has 1 aromatic heterocycles. The Morgan fingerprint density at radius 1 is 1.15 bits per heavy atom. The molecule has 0 bridgehead atoms. The van der Waals surface area contributed by atoms with E-state index < -0.39 is 4.92 Å². The van der Waals surface area contributed by atoms with E-state index >= 15 is 0 Å². The maximum Gasteiger partial charge on any atom is 0.433 e. The van der Waals surface area contributed by atoms with Crippen molar-refractivity contribution in [2.45, 2.75) is 26.9 Å². The molecule has 2 aromatic rings. The summed E-state index contributed by atoms with van der Waals surface area (Å²) in [6.07, 6.45) is 2.69. The topological polar surface area (TPSA) is 88.6 Å². The molecule has 0 saturated heterocycles. The van der Waals surface area contributed by atoms with Crippen molar-refractivity contribution in [1.29, 1.82) is 0 Å². The zero-order valence-corrected chi connectivity index (χ0v) is 15.0. The van der Waals surface area contributed by atoms with E-state index in [2.05, 4.69) is 36.2 Å². The molecule has 0 aliphatic heterocycles. The molecule has 26 heavy (non-hydrogen) atoms. The first-order valence-electron chi connectivity index (χ1n) is 8.52. The van der Waals surface area contributed by atoms with E-state index in [1.165, 1.54) is 29.8 Å². The van der Waals surface area contributed by atoms with Gasteiger partial charge in [-0.3, -0.25) is 19.8 Å². The first kappa shape index (κ1) is 19.4.